The lowest BCUT2D eigenvalue weighted by molar-refractivity contribution is -0.113. The number of nitrogens with zero attached hydrogens (tertiary/aromatic N) is 4. The molecule has 0 bridgehead atoms. The standard InChI is InChI=1S/C19H19N5O5S/c1-27-14-7-8-15(16(10-14)28-2)24-19(21-22-23-24)30-11-17(25)20-13-6-4-5-12(9-13)18(26)29-3/h4-10H,11H2,1-3H3,(H,20,25). The molecular weight excluding hydrogens is 410 g/mol. The van der Waals surface area contributed by atoms with Gasteiger partial charge >= 0.3 is 5.97 Å². The minimum atomic E-state index is -0.479. The highest BCUT2D eigenvalue weighted by atomic mass is 32.2. The van der Waals surface area contributed by atoms with E-state index in [-0.39, 0.29) is 11.7 Å². The number of hydrogen-bond acceptors (Lipinski definition) is 9. The zero-order chi connectivity index (χ0) is 21.5. The summed E-state index contributed by atoms with van der Waals surface area (Å²) < 4.78 is 16.7. The lowest BCUT2D eigenvalue weighted by Crippen LogP contribution is -2.15. The number of aromatic nitrogens is 4. The van der Waals surface area contributed by atoms with E-state index < -0.39 is 5.97 Å². The second-order valence-corrected chi connectivity index (χ2v) is 6.76. The summed E-state index contributed by atoms with van der Waals surface area (Å²) in [4.78, 5) is 24.0. The molecule has 0 saturated heterocycles. The zero-order valence-electron chi connectivity index (χ0n) is 16.5. The summed E-state index contributed by atoms with van der Waals surface area (Å²) >= 11 is 1.16. The SMILES string of the molecule is COC(=O)c1cccc(NC(=O)CSc2nnnn2-c2ccc(OC)cc2OC)c1. The van der Waals surface area contributed by atoms with E-state index in [1.807, 2.05) is 0 Å². The molecule has 0 fully saturated rings. The van der Waals surface area contributed by atoms with Crippen LogP contribution in [0.5, 0.6) is 11.5 Å². The summed E-state index contributed by atoms with van der Waals surface area (Å²) in [5, 5.41) is 14.8. The van der Waals surface area contributed by atoms with Gasteiger partial charge in [-0.25, -0.2) is 4.79 Å². The smallest absolute Gasteiger partial charge is 0.337 e. The topological polar surface area (TPSA) is 117 Å². The van der Waals surface area contributed by atoms with Crippen molar-refractivity contribution in [3.8, 4) is 17.2 Å². The molecule has 2 aromatic carbocycles. The highest BCUT2D eigenvalue weighted by Gasteiger charge is 2.16. The zero-order valence-corrected chi connectivity index (χ0v) is 17.3. The average Bonchev–Trinajstić information content (AvgIpc) is 3.25. The number of methoxy groups -OCH3 is 3. The Bertz CT molecular complexity index is 1060. The first-order valence-corrected chi connectivity index (χ1v) is 9.66. The van der Waals surface area contributed by atoms with Gasteiger partial charge in [0.1, 0.15) is 17.2 Å². The Labute approximate surface area is 176 Å². The Morgan fingerprint density at radius 1 is 1.10 bits per heavy atom. The Hall–Kier alpha value is -3.60. The molecule has 3 aromatic rings. The maximum absolute atomic E-state index is 12.3. The minimum absolute atomic E-state index is 0.0568. The fraction of sp³-hybridized carbons (Fsp3) is 0.211. The monoisotopic (exact) mass is 429 g/mol. The van der Waals surface area contributed by atoms with Crippen molar-refractivity contribution < 1.29 is 23.8 Å². The number of anilines is 1. The van der Waals surface area contributed by atoms with Gasteiger partial charge in [-0.15, -0.1) is 5.10 Å². The second kappa shape index (κ2) is 9.74. The first kappa shape index (κ1) is 21.1. The Morgan fingerprint density at radius 3 is 2.67 bits per heavy atom. The average molecular weight is 429 g/mol. The van der Waals surface area contributed by atoms with Gasteiger partial charge in [0.15, 0.2) is 0 Å². The van der Waals surface area contributed by atoms with Crippen LogP contribution in [-0.2, 0) is 9.53 Å². The number of rotatable bonds is 8. The van der Waals surface area contributed by atoms with E-state index in [0.29, 0.717) is 33.6 Å². The fourth-order valence-electron chi connectivity index (χ4n) is 2.55. The van der Waals surface area contributed by atoms with Crippen LogP contribution in [0.4, 0.5) is 5.69 Å². The summed E-state index contributed by atoms with van der Waals surface area (Å²) in [7, 11) is 4.39. The van der Waals surface area contributed by atoms with Crippen molar-refractivity contribution in [3.63, 3.8) is 0 Å². The Balaban J connectivity index is 1.69. The van der Waals surface area contributed by atoms with Gasteiger partial charge in [0.25, 0.3) is 0 Å². The van der Waals surface area contributed by atoms with Crippen molar-refractivity contribution in [3.05, 3.63) is 48.0 Å². The van der Waals surface area contributed by atoms with Crippen LogP contribution in [0.3, 0.4) is 0 Å². The Kier molecular flexibility index (Phi) is 6.86. The van der Waals surface area contributed by atoms with Gasteiger partial charge in [-0.05, 0) is 40.8 Å². The van der Waals surface area contributed by atoms with E-state index in [4.69, 9.17) is 9.47 Å². The van der Waals surface area contributed by atoms with Crippen LogP contribution in [-0.4, -0.2) is 59.2 Å². The van der Waals surface area contributed by atoms with Crippen LogP contribution in [0.1, 0.15) is 10.4 Å². The van der Waals surface area contributed by atoms with Gasteiger partial charge in [0.05, 0.1) is 32.6 Å². The third-order valence-electron chi connectivity index (χ3n) is 3.96. The van der Waals surface area contributed by atoms with Gasteiger partial charge in [-0.3, -0.25) is 4.79 Å². The maximum Gasteiger partial charge on any atom is 0.337 e. The lowest BCUT2D eigenvalue weighted by Gasteiger charge is -2.11. The summed E-state index contributed by atoms with van der Waals surface area (Å²) in [6.07, 6.45) is 0. The molecular formula is C19H19N5O5S. The van der Waals surface area contributed by atoms with Gasteiger partial charge in [0, 0.05) is 11.8 Å². The molecule has 3 rings (SSSR count). The number of nitrogens with one attached hydrogen (secondary N) is 1. The molecule has 11 heteroatoms. The van der Waals surface area contributed by atoms with E-state index in [9.17, 15) is 9.59 Å². The van der Waals surface area contributed by atoms with Crippen molar-refractivity contribution in [2.24, 2.45) is 0 Å². The second-order valence-electron chi connectivity index (χ2n) is 5.82. The first-order valence-electron chi connectivity index (χ1n) is 8.67. The molecule has 0 atom stereocenters. The summed E-state index contributed by atoms with van der Waals surface area (Å²) in [5.41, 5.74) is 1.44. The number of hydrogen-bond donors (Lipinski definition) is 1. The van der Waals surface area contributed by atoms with Crippen LogP contribution < -0.4 is 14.8 Å². The van der Waals surface area contributed by atoms with E-state index in [1.165, 1.54) is 18.9 Å². The molecule has 1 N–H and O–H groups in total. The molecule has 0 aliphatic rings. The van der Waals surface area contributed by atoms with E-state index in [1.54, 1.807) is 49.6 Å². The lowest BCUT2D eigenvalue weighted by atomic mass is 10.2. The molecule has 0 saturated carbocycles. The van der Waals surface area contributed by atoms with Crippen molar-refractivity contribution in [1.29, 1.82) is 0 Å². The summed E-state index contributed by atoms with van der Waals surface area (Å²) in [6, 6.07) is 11.7. The number of carbonyl (C=O) groups excluding carboxylic acids is 2. The molecule has 10 nitrogen and oxygen atoms in total. The molecule has 0 spiro atoms. The first-order chi connectivity index (χ1) is 14.5. The third-order valence-corrected chi connectivity index (χ3v) is 4.88. The minimum Gasteiger partial charge on any atom is -0.497 e. The Morgan fingerprint density at radius 2 is 1.93 bits per heavy atom. The highest BCUT2D eigenvalue weighted by Crippen LogP contribution is 2.29. The fourth-order valence-corrected chi connectivity index (χ4v) is 3.23. The number of thioether (sulfide) groups is 1. The number of amides is 1. The molecule has 156 valence electrons. The van der Waals surface area contributed by atoms with Gasteiger partial charge in [-0.2, -0.15) is 4.68 Å². The number of carbonyl (C=O) groups is 2. The third kappa shape index (κ3) is 4.87. The summed E-state index contributed by atoms with van der Waals surface area (Å²) in [6.45, 7) is 0. The summed E-state index contributed by atoms with van der Waals surface area (Å²) in [5.74, 6) is 0.451. The molecule has 0 unspecified atom stereocenters. The molecule has 30 heavy (non-hydrogen) atoms. The van der Waals surface area contributed by atoms with Crippen LogP contribution in [0.25, 0.3) is 5.69 Å². The molecule has 1 heterocycles. The molecule has 0 aliphatic carbocycles. The predicted molar refractivity (Wildman–Crippen MR) is 109 cm³/mol. The van der Waals surface area contributed by atoms with E-state index in [2.05, 4.69) is 25.6 Å². The molecule has 0 radical (unpaired) electrons. The largest absolute Gasteiger partial charge is 0.497 e. The van der Waals surface area contributed by atoms with E-state index >= 15 is 0 Å². The quantitative estimate of drug-likeness (QED) is 0.425. The highest BCUT2D eigenvalue weighted by molar-refractivity contribution is 7.99. The normalized spacial score (nSPS) is 10.4. The van der Waals surface area contributed by atoms with Crippen LogP contribution in [0.15, 0.2) is 47.6 Å². The van der Waals surface area contributed by atoms with E-state index in [0.717, 1.165) is 11.8 Å². The van der Waals surface area contributed by atoms with Crippen molar-refractivity contribution >= 4 is 29.3 Å². The number of ether oxygens (including phenoxy) is 3. The predicted octanol–water partition coefficient (Wildman–Crippen LogP) is 2.20. The molecule has 0 aliphatic heterocycles. The van der Waals surface area contributed by atoms with Crippen LogP contribution in [0, 0.1) is 0 Å². The van der Waals surface area contributed by atoms with Crippen molar-refractivity contribution in [1.82, 2.24) is 20.2 Å². The van der Waals surface area contributed by atoms with Crippen molar-refractivity contribution in [2.45, 2.75) is 5.16 Å². The van der Waals surface area contributed by atoms with Gasteiger partial charge in [-0.1, -0.05) is 17.8 Å². The number of tetrazole rings is 1. The molecule has 1 aromatic heterocycles. The van der Waals surface area contributed by atoms with Gasteiger partial charge < -0.3 is 19.5 Å². The number of benzene rings is 2. The molecule has 1 amide bonds. The van der Waals surface area contributed by atoms with Gasteiger partial charge in [0.2, 0.25) is 11.1 Å². The van der Waals surface area contributed by atoms with Crippen LogP contribution in [0.2, 0.25) is 0 Å². The van der Waals surface area contributed by atoms with Crippen molar-refractivity contribution in [2.75, 3.05) is 32.4 Å². The maximum atomic E-state index is 12.3. The van der Waals surface area contributed by atoms with Crippen LogP contribution >= 0.6 is 11.8 Å². The number of esters is 1.